The summed E-state index contributed by atoms with van der Waals surface area (Å²) in [4.78, 5) is 0. The van der Waals surface area contributed by atoms with E-state index in [1.54, 1.807) is 0 Å². The molecule has 0 saturated carbocycles. The first-order valence-corrected chi connectivity index (χ1v) is 6.37. The van der Waals surface area contributed by atoms with Crippen LogP contribution in [0.1, 0.15) is 66.7 Å². The molecule has 88 valence electrons. The first-order valence-electron chi connectivity index (χ1n) is 6.37. The van der Waals surface area contributed by atoms with Crippen LogP contribution in [0.15, 0.2) is 23.3 Å². The minimum atomic E-state index is 0.909. The van der Waals surface area contributed by atoms with Gasteiger partial charge in [-0.15, -0.1) is 0 Å². The summed E-state index contributed by atoms with van der Waals surface area (Å²) in [6.07, 6.45) is 11.2. The fraction of sp³-hybridized carbons (Fsp3) is 0.733. The molecule has 15 heavy (non-hydrogen) atoms. The van der Waals surface area contributed by atoms with Crippen LogP contribution in [0.2, 0.25) is 0 Å². The molecule has 0 aliphatic heterocycles. The lowest BCUT2D eigenvalue weighted by molar-refractivity contribution is 0.469. The van der Waals surface area contributed by atoms with Gasteiger partial charge in [-0.05, 0) is 39.5 Å². The predicted octanol–water partition coefficient (Wildman–Crippen LogP) is 5.51. The summed E-state index contributed by atoms with van der Waals surface area (Å²) in [6, 6.07) is 0. The van der Waals surface area contributed by atoms with Gasteiger partial charge in [-0.25, -0.2) is 0 Å². The fourth-order valence-electron chi connectivity index (χ4n) is 1.76. The van der Waals surface area contributed by atoms with Crippen LogP contribution in [0, 0.1) is 5.92 Å². The standard InChI is InChI=1S/C15H28/c1-6-8-14(4)9-7-10-15(5)12-11-13(2)3/h11-12,14H,6-10H2,1-5H3/b15-12+. The van der Waals surface area contributed by atoms with Crippen molar-refractivity contribution >= 4 is 0 Å². The zero-order chi connectivity index (χ0) is 11.7. The molecule has 0 heterocycles. The van der Waals surface area contributed by atoms with Crippen LogP contribution < -0.4 is 0 Å². The van der Waals surface area contributed by atoms with Gasteiger partial charge in [0.2, 0.25) is 0 Å². The van der Waals surface area contributed by atoms with E-state index in [0.29, 0.717) is 0 Å². The molecule has 0 aliphatic rings. The molecule has 0 aromatic heterocycles. The lowest BCUT2D eigenvalue weighted by Gasteiger charge is -2.09. The van der Waals surface area contributed by atoms with Crippen molar-refractivity contribution in [2.75, 3.05) is 0 Å². The lowest BCUT2D eigenvalue weighted by atomic mass is 9.97. The van der Waals surface area contributed by atoms with Gasteiger partial charge in [0.1, 0.15) is 0 Å². The van der Waals surface area contributed by atoms with E-state index in [4.69, 9.17) is 0 Å². The van der Waals surface area contributed by atoms with E-state index in [2.05, 4.69) is 46.8 Å². The van der Waals surface area contributed by atoms with Crippen LogP contribution in [0.3, 0.4) is 0 Å². The number of rotatable bonds is 7. The molecule has 1 atom stereocenters. The van der Waals surface area contributed by atoms with Gasteiger partial charge >= 0.3 is 0 Å². The molecule has 0 fully saturated rings. The van der Waals surface area contributed by atoms with Gasteiger partial charge in [0.05, 0.1) is 0 Å². The van der Waals surface area contributed by atoms with E-state index < -0.39 is 0 Å². The third-order valence-corrected chi connectivity index (χ3v) is 2.75. The van der Waals surface area contributed by atoms with Crippen LogP contribution in [-0.2, 0) is 0 Å². The summed E-state index contributed by atoms with van der Waals surface area (Å²) in [5, 5.41) is 0. The lowest BCUT2D eigenvalue weighted by Crippen LogP contribution is -1.93. The molecule has 0 nitrogen and oxygen atoms in total. The summed E-state index contributed by atoms with van der Waals surface area (Å²) in [5.74, 6) is 0.909. The molecule has 0 aromatic rings. The number of hydrogen-bond acceptors (Lipinski definition) is 0. The second-order valence-electron chi connectivity index (χ2n) is 5.04. The second-order valence-corrected chi connectivity index (χ2v) is 5.04. The predicted molar refractivity (Wildman–Crippen MR) is 71.1 cm³/mol. The molecule has 0 spiro atoms. The maximum atomic E-state index is 2.37. The van der Waals surface area contributed by atoms with Crippen molar-refractivity contribution in [3.63, 3.8) is 0 Å². The summed E-state index contributed by atoms with van der Waals surface area (Å²) < 4.78 is 0. The van der Waals surface area contributed by atoms with E-state index in [0.717, 1.165) is 5.92 Å². The first kappa shape index (κ1) is 14.5. The van der Waals surface area contributed by atoms with Gasteiger partial charge in [-0.1, -0.05) is 56.4 Å². The molecule has 0 N–H and O–H groups in total. The highest BCUT2D eigenvalue weighted by atomic mass is 14.1. The first-order chi connectivity index (χ1) is 7.06. The molecule has 0 bridgehead atoms. The van der Waals surface area contributed by atoms with Gasteiger partial charge < -0.3 is 0 Å². The zero-order valence-corrected chi connectivity index (χ0v) is 11.3. The van der Waals surface area contributed by atoms with Crippen molar-refractivity contribution in [1.29, 1.82) is 0 Å². The average molecular weight is 208 g/mol. The van der Waals surface area contributed by atoms with Gasteiger partial charge in [0.15, 0.2) is 0 Å². The minimum Gasteiger partial charge on any atom is -0.0764 e. The smallest absolute Gasteiger partial charge is 0.0320 e. The van der Waals surface area contributed by atoms with Crippen molar-refractivity contribution in [2.45, 2.75) is 66.7 Å². The molecule has 0 amide bonds. The quantitative estimate of drug-likeness (QED) is 0.484. The normalized spacial score (nSPS) is 13.8. The molecular formula is C15H28. The Morgan fingerprint density at radius 2 is 1.73 bits per heavy atom. The number of hydrogen-bond donors (Lipinski definition) is 0. The summed E-state index contributed by atoms with van der Waals surface area (Å²) in [6.45, 7) is 11.2. The van der Waals surface area contributed by atoms with Crippen LogP contribution in [-0.4, -0.2) is 0 Å². The highest BCUT2D eigenvalue weighted by Crippen LogP contribution is 2.16. The minimum absolute atomic E-state index is 0.909. The monoisotopic (exact) mass is 208 g/mol. The Balaban J connectivity index is 3.67. The molecule has 0 rings (SSSR count). The molecule has 0 saturated heterocycles. The second kappa shape index (κ2) is 8.76. The topological polar surface area (TPSA) is 0 Å². The van der Waals surface area contributed by atoms with E-state index in [1.165, 1.54) is 43.3 Å². The fourth-order valence-corrected chi connectivity index (χ4v) is 1.76. The molecule has 0 aromatic carbocycles. The Morgan fingerprint density at radius 3 is 2.27 bits per heavy atom. The molecular weight excluding hydrogens is 180 g/mol. The molecule has 0 heteroatoms. The van der Waals surface area contributed by atoms with Crippen LogP contribution in [0.25, 0.3) is 0 Å². The van der Waals surface area contributed by atoms with E-state index in [9.17, 15) is 0 Å². The van der Waals surface area contributed by atoms with Gasteiger partial charge in [0, 0.05) is 0 Å². The highest BCUT2D eigenvalue weighted by molar-refractivity contribution is 5.13. The molecule has 1 unspecified atom stereocenters. The molecule has 0 radical (unpaired) electrons. The Morgan fingerprint density at radius 1 is 1.07 bits per heavy atom. The zero-order valence-electron chi connectivity index (χ0n) is 11.3. The van der Waals surface area contributed by atoms with E-state index in [1.807, 2.05) is 0 Å². The van der Waals surface area contributed by atoms with Crippen molar-refractivity contribution in [3.8, 4) is 0 Å². The molecule has 0 aliphatic carbocycles. The third-order valence-electron chi connectivity index (χ3n) is 2.75. The SMILES string of the molecule is CCCC(C)CCC/C(C)=C/C=C(C)C. The summed E-state index contributed by atoms with van der Waals surface area (Å²) in [7, 11) is 0. The highest BCUT2D eigenvalue weighted by Gasteiger charge is 2.00. The summed E-state index contributed by atoms with van der Waals surface area (Å²) >= 11 is 0. The van der Waals surface area contributed by atoms with Crippen molar-refractivity contribution < 1.29 is 0 Å². The third kappa shape index (κ3) is 9.78. The van der Waals surface area contributed by atoms with Crippen LogP contribution in [0.4, 0.5) is 0 Å². The van der Waals surface area contributed by atoms with Crippen molar-refractivity contribution in [1.82, 2.24) is 0 Å². The number of allylic oxidation sites excluding steroid dienone is 4. The maximum absolute atomic E-state index is 2.37. The van der Waals surface area contributed by atoms with Gasteiger partial charge in [0.25, 0.3) is 0 Å². The maximum Gasteiger partial charge on any atom is -0.0320 e. The Labute approximate surface area is 96.5 Å². The van der Waals surface area contributed by atoms with Gasteiger partial charge in [-0.2, -0.15) is 0 Å². The van der Waals surface area contributed by atoms with E-state index in [-0.39, 0.29) is 0 Å². The van der Waals surface area contributed by atoms with Crippen LogP contribution in [0.5, 0.6) is 0 Å². The average Bonchev–Trinajstić information content (AvgIpc) is 2.15. The van der Waals surface area contributed by atoms with Gasteiger partial charge in [-0.3, -0.25) is 0 Å². The Kier molecular flexibility index (Phi) is 8.46. The van der Waals surface area contributed by atoms with E-state index >= 15 is 0 Å². The van der Waals surface area contributed by atoms with Crippen LogP contribution >= 0.6 is 0 Å². The summed E-state index contributed by atoms with van der Waals surface area (Å²) in [5.41, 5.74) is 2.90. The largest absolute Gasteiger partial charge is 0.0764 e. The Bertz CT molecular complexity index is 204. The van der Waals surface area contributed by atoms with Crippen molar-refractivity contribution in [2.24, 2.45) is 5.92 Å². The Hall–Kier alpha value is -0.520. The van der Waals surface area contributed by atoms with Crippen molar-refractivity contribution in [3.05, 3.63) is 23.3 Å².